The molecule has 0 amide bonds. The van der Waals surface area contributed by atoms with Gasteiger partial charge in [-0.2, -0.15) is 8.42 Å². The van der Waals surface area contributed by atoms with E-state index in [0.29, 0.717) is 0 Å². The molecule has 6 heteroatoms. The first-order chi connectivity index (χ1) is 5.84. The van der Waals surface area contributed by atoms with E-state index in [-0.39, 0.29) is 10.0 Å². The molecule has 0 spiro atoms. The Morgan fingerprint density at radius 1 is 1.38 bits per heavy atom. The highest BCUT2D eigenvalue weighted by Gasteiger charge is 2.18. The van der Waals surface area contributed by atoms with Crippen molar-refractivity contribution in [2.75, 3.05) is 0 Å². The van der Waals surface area contributed by atoms with Gasteiger partial charge in [-0.15, -0.1) is 3.89 Å². The number of hydrogen-bond donors (Lipinski definition) is 0. The van der Waals surface area contributed by atoms with Crippen molar-refractivity contribution in [3.05, 3.63) is 28.0 Å². The zero-order valence-corrected chi connectivity index (χ0v) is 8.92. The highest BCUT2D eigenvalue weighted by molar-refractivity contribution is 9.10. The predicted molar refractivity (Wildman–Crippen MR) is 47.1 cm³/mol. The zero-order chi connectivity index (χ0) is 10.2. The average Bonchev–Trinajstić information content (AvgIpc) is 1.98. The molecule has 0 aliphatic heterocycles. The van der Waals surface area contributed by atoms with Gasteiger partial charge in [-0.1, -0.05) is 0 Å². The van der Waals surface area contributed by atoms with E-state index in [2.05, 4.69) is 15.9 Å². The average molecular weight is 271 g/mol. The lowest BCUT2D eigenvalue weighted by molar-refractivity contribution is 0.546. The summed E-state index contributed by atoms with van der Waals surface area (Å²) in [7, 11) is -4.83. The third-order valence-corrected chi connectivity index (χ3v) is 3.13. The Hall–Kier alpha value is -0.490. The van der Waals surface area contributed by atoms with Crippen LogP contribution in [-0.4, -0.2) is 8.42 Å². The van der Waals surface area contributed by atoms with Crippen molar-refractivity contribution in [2.24, 2.45) is 0 Å². The molecule has 0 atom stereocenters. The quantitative estimate of drug-likeness (QED) is 0.735. The summed E-state index contributed by atoms with van der Waals surface area (Å²) in [6.07, 6.45) is 0. The molecule has 1 aromatic rings. The molecule has 0 saturated carbocycles. The van der Waals surface area contributed by atoms with Crippen LogP contribution in [0.3, 0.4) is 0 Å². The van der Waals surface area contributed by atoms with Gasteiger partial charge in [0.1, 0.15) is 10.7 Å². The minimum Gasteiger partial charge on any atom is -0.205 e. The fourth-order valence-corrected chi connectivity index (χ4v) is 2.01. The van der Waals surface area contributed by atoms with Crippen LogP contribution in [0.1, 0.15) is 5.56 Å². The molecule has 0 radical (unpaired) electrons. The Morgan fingerprint density at radius 3 is 2.38 bits per heavy atom. The maximum absolute atomic E-state index is 13.0. The molecule has 13 heavy (non-hydrogen) atoms. The molecule has 0 unspecified atom stereocenters. The Balaban J connectivity index is 3.53. The van der Waals surface area contributed by atoms with Crippen LogP contribution in [-0.2, 0) is 10.2 Å². The van der Waals surface area contributed by atoms with Gasteiger partial charge in [0.25, 0.3) is 0 Å². The van der Waals surface area contributed by atoms with E-state index in [0.717, 1.165) is 12.1 Å². The molecule has 0 saturated heterocycles. The summed E-state index contributed by atoms with van der Waals surface area (Å²) in [5, 5.41) is 0. The van der Waals surface area contributed by atoms with Crippen molar-refractivity contribution >= 4 is 26.2 Å². The molecule has 0 aromatic heterocycles. The maximum Gasteiger partial charge on any atom is 0.332 e. The molecule has 1 rings (SSSR count). The molecule has 2 nitrogen and oxygen atoms in total. The number of hydrogen-bond acceptors (Lipinski definition) is 2. The lowest BCUT2D eigenvalue weighted by Crippen LogP contribution is -1.98. The van der Waals surface area contributed by atoms with Gasteiger partial charge in [0, 0.05) is 5.56 Å². The number of rotatable bonds is 1. The first-order valence-electron chi connectivity index (χ1n) is 3.23. The second-order valence-electron chi connectivity index (χ2n) is 2.42. The van der Waals surface area contributed by atoms with Crippen LogP contribution in [0.4, 0.5) is 8.28 Å². The highest BCUT2D eigenvalue weighted by Crippen LogP contribution is 2.25. The zero-order valence-electron chi connectivity index (χ0n) is 6.51. The van der Waals surface area contributed by atoms with Crippen molar-refractivity contribution in [1.29, 1.82) is 0 Å². The van der Waals surface area contributed by atoms with E-state index in [1.54, 1.807) is 0 Å². The van der Waals surface area contributed by atoms with Crippen LogP contribution < -0.4 is 0 Å². The number of halogens is 3. The van der Waals surface area contributed by atoms with Gasteiger partial charge in [-0.25, -0.2) is 4.39 Å². The SMILES string of the molecule is Cc1c(S(=O)(=O)F)ccc(Br)c1F. The highest BCUT2D eigenvalue weighted by atomic mass is 79.9. The molecule has 72 valence electrons. The summed E-state index contributed by atoms with van der Waals surface area (Å²) >= 11 is 2.85. The van der Waals surface area contributed by atoms with Crippen LogP contribution >= 0.6 is 15.9 Å². The second-order valence-corrected chi connectivity index (χ2v) is 4.59. The first-order valence-corrected chi connectivity index (χ1v) is 5.41. The van der Waals surface area contributed by atoms with Crippen molar-refractivity contribution in [3.63, 3.8) is 0 Å². The van der Waals surface area contributed by atoms with Crippen LogP contribution in [0.15, 0.2) is 21.5 Å². The molecular weight excluding hydrogens is 266 g/mol. The maximum atomic E-state index is 13.0. The van der Waals surface area contributed by atoms with Gasteiger partial charge in [0.2, 0.25) is 0 Å². The van der Waals surface area contributed by atoms with E-state index < -0.39 is 20.9 Å². The fourth-order valence-electron chi connectivity index (χ4n) is 0.898. The van der Waals surface area contributed by atoms with Crippen molar-refractivity contribution in [2.45, 2.75) is 11.8 Å². The summed E-state index contributed by atoms with van der Waals surface area (Å²) in [5.41, 5.74) is -0.225. The van der Waals surface area contributed by atoms with Gasteiger partial charge in [0.15, 0.2) is 0 Å². The Bertz CT molecular complexity index is 442. The van der Waals surface area contributed by atoms with E-state index in [4.69, 9.17) is 0 Å². The largest absolute Gasteiger partial charge is 0.332 e. The van der Waals surface area contributed by atoms with Crippen molar-refractivity contribution in [1.82, 2.24) is 0 Å². The van der Waals surface area contributed by atoms with E-state index in [9.17, 15) is 16.7 Å². The number of benzene rings is 1. The molecule has 0 aliphatic rings. The molecule has 0 heterocycles. The standard InChI is InChI=1S/C7H5BrF2O2S/c1-4-6(13(10,11)12)3-2-5(8)7(4)9/h2-3H,1H3. The van der Waals surface area contributed by atoms with E-state index >= 15 is 0 Å². The summed E-state index contributed by atoms with van der Waals surface area (Å²) in [6, 6.07) is 2.16. The van der Waals surface area contributed by atoms with Crippen LogP contribution in [0, 0.1) is 12.7 Å². The first kappa shape index (κ1) is 10.6. The smallest absolute Gasteiger partial charge is 0.205 e. The molecule has 0 N–H and O–H groups in total. The van der Waals surface area contributed by atoms with Crippen LogP contribution in [0.2, 0.25) is 0 Å². The van der Waals surface area contributed by atoms with Crippen LogP contribution in [0.5, 0.6) is 0 Å². The minimum atomic E-state index is -4.83. The van der Waals surface area contributed by atoms with E-state index in [1.807, 2.05) is 0 Å². The summed E-state index contributed by atoms with van der Waals surface area (Å²) < 4.78 is 46.6. The lowest BCUT2D eigenvalue weighted by Gasteiger charge is -2.02. The summed E-state index contributed by atoms with van der Waals surface area (Å²) in [5.74, 6) is -0.765. The van der Waals surface area contributed by atoms with Gasteiger partial charge >= 0.3 is 10.2 Å². The van der Waals surface area contributed by atoms with Gasteiger partial charge in [-0.3, -0.25) is 0 Å². The second kappa shape index (κ2) is 3.34. The van der Waals surface area contributed by atoms with Crippen molar-refractivity contribution in [3.8, 4) is 0 Å². The van der Waals surface area contributed by atoms with Gasteiger partial charge < -0.3 is 0 Å². The molecule has 1 aromatic carbocycles. The Labute approximate surface area is 82.9 Å². The monoisotopic (exact) mass is 270 g/mol. The Morgan fingerprint density at radius 2 is 1.92 bits per heavy atom. The summed E-state index contributed by atoms with van der Waals surface area (Å²) in [4.78, 5) is -0.631. The molecule has 0 fully saturated rings. The summed E-state index contributed by atoms with van der Waals surface area (Å²) in [6.45, 7) is 1.20. The molecular formula is C7H5BrF2O2S. The molecule has 0 bridgehead atoms. The fraction of sp³-hybridized carbons (Fsp3) is 0.143. The van der Waals surface area contributed by atoms with Crippen molar-refractivity contribution < 1.29 is 16.7 Å². The van der Waals surface area contributed by atoms with Crippen LogP contribution in [0.25, 0.3) is 0 Å². The third-order valence-electron chi connectivity index (χ3n) is 1.55. The molecule has 0 aliphatic carbocycles. The van der Waals surface area contributed by atoms with Gasteiger partial charge in [0.05, 0.1) is 4.47 Å². The van der Waals surface area contributed by atoms with Gasteiger partial charge in [-0.05, 0) is 35.0 Å². The predicted octanol–water partition coefficient (Wildman–Crippen LogP) is 2.55. The minimum absolute atomic E-state index is 0.109. The normalized spacial score (nSPS) is 11.7. The Kier molecular flexibility index (Phi) is 2.72. The third kappa shape index (κ3) is 2.05. The van der Waals surface area contributed by atoms with E-state index in [1.165, 1.54) is 6.92 Å². The topological polar surface area (TPSA) is 34.1 Å². The lowest BCUT2D eigenvalue weighted by atomic mass is 10.2.